The van der Waals surface area contributed by atoms with E-state index in [0.717, 1.165) is 12.0 Å². The van der Waals surface area contributed by atoms with E-state index in [1.165, 1.54) is 0 Å². The third kappa shape index (κ3) is 4.49. The molecule has 2 aromatic rings. The molecule has 0 aliphatic carbocycles. The second-order valence-corrected chi connectivity index (χ2v) is 6.68. The molecule has 6 heteroatoms. The molecule has 0 radical (unpaired) electrons. The quantitative estimate of drug-likeness (QED) is 0.743. The van der Waals surface area contributed by atoms with Crippen LogP contribution in [0, 0.1) is 11.3 Å². The first-order valence-electron chi connectivity index (χ1n) is 9.41. The van der Waals surface area contributed by atoms with Gasteiger partial charge in [-0.05, 0) is 36.2 Å². The summed E-state index contributed by atoms with van der Waals surface area (Å²) >= 11 is 0. The van der Waals surface area contributed by atoms with E-state index >= 15 is 0 Å². The minimum Gasteiger partial charge on any atom is -0.482 e. The highest BCUT2D eigenvalue weighted by Gasteiger charge is 2.26. The van der Waals surface area contributed by atoms with Crippen molar-refractivity contribution in [2.45, 2.75) is 26.3 Å². The molecule has 2 amide bonds. The number of carbonyl (C=O) groups excluding carboxylic acids is 2. The van der Waals surface area contributed by atoms with Gasteiger partial charge in [0.2, 0.25) is 5.91 Å². The predicted octanol–water partition coefficient (Wildman–Crippen LogP) is 3.11. The summed E-state index contributed by atoms with van der Waals surface area (Å²) in [5.74, 6) is 0.529. The number of rotatable bonds is 7. The number of benzene rings is 2. The summed E-state index contributed by atoms with van der Waals surface area (Å²) in [6, 6.07) is 16.7. The van der Waals surface area contributed by atoms with Gasteiger partial charge >= 0.3 is 0 Å². The molecule has 1 heterocycles. The Labute approximate surface area is 164 Å². The van der Waals surface area contributed by atoms with Gasteiger partial charge in [0.05, 0.1) is 17.3 Å². The standard InChI is InChI=1S/C22H23N3O3/c1-2-12-24(15-18-9-7-17(14-23)8-10-18)21(26)11-13-25-19-5-3-4-6-20(19)28-16-22(25)27/h3-10H,2,11-13,15-16H2,1H3. The average molecular weight is 377 g/mol. The second kappa shape index (κ2) is 9.05. The number of ether oxygens (including phenoxy) is 1. The van der Waals surface area contributed by atoms with Crippen LogP contribution in [0.15, 0.2) is 48.5 Å². The van der Waals surface area contributed by atoms with Crippen LogP contribution in [0.5, 0.6) is 5.75 Å². The van der Waals surface area contributed by atoms with Crippen molar-refractivity contribution in [2.75, 3.05) is 24.6 Å². The Hall–Kier alpha value is -3.33. The van der Waals surface area contributed by atoms with Crippen LogP contribution in [0.3, 0.4) is 0 Å². The lowest BCUT2D eigenvalue weighted by Crippen LogP contribution is -2.41. The molecule has 1 aliphatic rings. The first-order valence-corrected chi connectivity index (χ1v) is 9.41. The number of fused-ring (bicyclic) bond motifs is 1. The molecule has 0 unspecified atom stereocenters. The molecular formula is C22H23N3O3. The molecule has 2 aromatic carbocycles. The summed E-state index contributed by atoms with van der Waals surface area (Å²) in [5.41, 5.74) is 2.29. The third-order valence-electron chi connectivity index (χ3n) is 4.66. The summed E-state index contributed by atoms with van der Waals surface area (Å²) in [5, 5.41) is 8.91. The Morgan fingerprint density at radius 1 is 1.21 bits per heavy atom. The molecular weight excluding hydrogens is 354 g/mol. The topological polar surface area (TPSA) is 73.6 Å². The number of carbonyl (C=O) groups is 2. The number of nitrogens with zero attached hydrogens (tertiary/aromatic N) is 3. The molecule has 0 spiro atoms. The highest BCUT2D eigenvalue weighted by molar-refractivity contribution is 5.98. The molecule has 0 fully saturated rings. The van der Waals surface area contributed by atoms with E-state index < -0.39 is 0 Å². The molecule has 6 nitrogen and oxygen atoms in total. The smallest absolute Gasteiger partial charge is 0.265 e. The summed E-state index contributed by atoms with van der Waals surface area (Å²) in [6.45, 7) is 3.49. The van der Waals surface area contributed by atoms with Crippen LogP contribution in [0.4, 0.5) is 5.69 Å². The van der Waals surface area contributed by atoms with Crippen LogP contribution in [0.25, 0.3) is 0 Å². The normalized spacial score (nSPS) is 12.7. The first kappa shape index (κ1) is 19.4. The molecule has 1 aliphatic heterocycles. The van der Waals surface area contributed by atoms with Crippen LogP contribution in [-0.4, -0.2) is 36.4 Å². The lowest BCUT2D eigenvalue weighted by Gasteiger charge is -2.30. The maximum atomic E-state index is 12.8. The zero-order valence-corrected chi connectivity index (χ0v) is 15.9. The minimum absolute atomic E-state index is 0.00276. The molecule has 28 heavy (non-hydrogen) atoms. The number of nitriles is 1. The van der Waals surface area contributed by atoms with Crippen molar-refractivity contribution in [1.29, 1.82) is 5.26 Å². The number of amides is 2. The van der Waals surface area contributed by atoms with Gasteiger partial charge in [-0.1, -0.05) is 31.2 Å². The van der Waals surface area contributed by atoms with E-state index in [4.69, 9.17) is 10.00 Å². The predicted molar refractivity (Wildman–Crippen MR) is 106 cm³/mol. The van der Waals surface area contributed by atoms with Gasteiger partial charge in [0.25, 0.3) is 5.91 Å². The van der Waals surface area contributed by atoms with E-state index in [2.05, 4.69) is 6.07 Å². The van der Waals surface area contributed by atoms with Crippen LogP contribution >= 0.6 is 0 Å². The number of hydrogen-bond acceptors (Lipinski definition) is 4. The Morgan fingerprint density at radius 3 is 2.68 bits per heavy atom. The number of hydrogen-bond donors (Lipinski definition) is 0. The van der Waals surface area contributed by atoms with Crippen LogP contribution < -0.4 is 9.64 Å². The van der Waals surface area contributed by atoms with Gasteiger partial charge in [0.15, 0.2) is 6.61 Å². The fourth-order valence-corrected chi connectivity index (χ4v) is 3.23. The Kier molecular flexibility index (Phi) is 6.28. The van der Waals surface area contributed by atoms with Crippen molar-refractivity contribution in [3.63, 3.8) is 0 Å². The Morgan fingerprint density at radius 2 is 1.96 bits per heavy atom. The van der Waals surface area contributed by atoms with Gasteiger partial charge in [-0.25, -0.2) is 0 Å². The summed E-state index contributed by atoms with van der Waals surface area (Å²) in [7, 11) is 0. The largest absolute Gasteiger partial charge is 0.482 e. The molecule has 3 rings (SSSR count). The van der Waals surface area contributed by atoms with Crippen LogP contribution in [-0.2, 0) is 16.1 Å². The first-order chi connectivity index (χ1) is 13.6. The summed E-state index contributed by atoms with van der Waals surface area (Å²) < 4.78 is 5.45. The SMILES string of the molecule is CCCN(Cc1ccc(C#N)cc1)C(=O)CCN1C(=O)COc2ccccc21. The van der Waals surface area contributed by atoms with E-state index in [9.17, 15) is 9.59 Å². The number of para-hydroxylation sites is 2. The fourth-order valence-electron chi connectivity index (χ4n) is 3.23. The highest BCUT2D eigenvalue weighted by Crippen LogP contribution is 2.31. The second-order valence-electron chi connectivity index (χ2n) is 6.68. The highest BCUT2D eigenvalue weighted by atomic mass is 16.5. The molecule has 144 valence electrons. The molecule has 0 aromatic heterocycles. The van der Waals surface area contributed by atoms with Crippen molar-refractivity contribution in [1.82, 2.24) is 4.90 Å². The Bertz CT molecular complexity index is 887. The molecule has 0 saturated carbocycles. The zero-order valence-electron chi connectivity index (χ0n) is 15.9. The minimum atomic E-state index is -0.138. The van der Waals surface area contributed by atoms with Crippen molar-refractivity contribution >= 4 is 17.5 Å². The average Bonchev–Trinajstić information content (AvgIpc) is 2.73. The Balaban J connectivity index is 1.65. The van der Waals surface area contributed by atoms with Crippen LogP contribution in [0.2, 0.25) is 0 Å². The monoisotopic (exact) mass is 377 g/mol. The zero-order chi connectivity index (χ0) is 19.9. The van der Waals surface area contributed by atoms with Gasteiger partial charge in [-0.3, -0.25) is 9.59 Å². The summed E-state index contributed by atoms with van der Waals surface area (Å²) in [6.07, 6.45) is 1.09. The van der Waals surface area contributed by atoms with Crippen molar-refractivity contribution in [3.05, 3.63) is 59.7 Å². The van der Waals surface area contributed by atoms with E-state index in [1.807, 2.05) is 43.3 Å². The fraction of sp³-hybridized carbons (Fsp3) is 0.318. The summed E-state index contributed by atoms with van der Waals surface area (Å²) in [4.78, 5) is 28.5. The number of anilines is 1. The maximum Gasteiger partial charge on any atom is 0.265 e. The lowest BCUT2D eigenvalue weighted by atomic mass is 10.1. The molecule has 0 N–H and O–H groups in total. The van der Waals surface area contributed by atoms with Gasteiger partial charge in [-0.2, -0.15) is 5.26 Å². The van der Waals surface area contributed by atoms with E-state index in [1.54, 1.807) is 21.9 Å². The lowest BCUT2D eigenvalue weighted by molar-refractivity contribution is -0.131. The molecule has 0 atom stereocenters. The van der Waals surface area contributed by atoms with Gasteiger partial charge in [0.1, 0.15) is 5.75 Å². The van der Waals surface area contributed by atoms with Gasteiger partial charge in [-0.15, -0.1) is 0 Å². The maximum absolute atomic E-state index is 12.8. The molecule has 0 bridgehead atoms. The van der Waals surface area contributed by atoms with E-state index in [-0.39, 0.29) is 24.8 Å². The van der Waals surface area contributed by atoms with Crippen molar-refractivity contribution in [3.8, 4) is 11.8 Å². The van der Waals surface area contributed by atoms with E-state index in [0.29, 0.717) is 36.6 Å². The van der Waals surface area contributed by atoms with Gasteiger partial charge < -0.3 is 14.5 Å². The van der Waals surface area contributed by atoms with Crippen LogP contribution in [0.1, 0.15) is 30.9 Å². The van der Waals surface area contributed by atoms with Crippen molar-refractivity contribution in [2.24, 2.45) is 0 Å². The van der Waals surface area contributed by atoms with Crippen molar-refractivity contribution < 1.29 is 14.3 Å². The van der Waals surface area contributed by atoms with Gasteiger partial charge in [0, 0.05) is 26.1 Å². The third-order valence-corrected chi connectivity index (χ3v) is 4.66. The molecule has 0 saturated heterocycles.